The first-order chi connectivity index (χ1) is 13.7. The molecule has 2 aromatic rings. The summed E-state index contributed by atoms with van der Waals surface area (Å²) in [5, 5.41) is 2.94. The highest BCUT2D eigenvalue weighted by atomic mass is 16.5. The normalized spacial score (nSPS) is 15.7. The second kappa shape index (κ2) is 9.99. The Labute approximate surface area is 167 Å². The maximum absolute atomic E-state index is 12.4. The van der Waals surface area contributed by atoms with Crippen LogP contribution in [0.5, 0.6) is 11.5 Å². The first-order valence-electron chi connectivity index (χ1n) is 9.76. The van der Waals surface area contributed by atoms with Crippen molar-refractivity contribution in [2.75, 3.05) is 46.4 Å². The summed E-state index contributed by atoms with van der Waals surface area (Å²) in [6.07, 6.45) is 0. The molecule has 2 aromatic carbocycles. The molecule has 3 rings (SSSR count). The Bertz CT molecular complexity index is 728. The number of nitrogens with one attached hydrogen (secondary N) is 1. The van der Waals surface area contributed by atoms with E-state index in [1.165, 1.54) is 5.56 Å². The number of nitrogens with zero attached hydrogens (tertiary/aromatic N) is 2. The van der Waals surface area contributed by atoms with Crippen LogP contribution in [0.3, 0.4) is 0 Å². The van der Waals surface area contributed by atoms with Crippen molar-refractivity contribution < 1.29 is 14.3 Å². The van der Waals surface area contributed by atoms with Gasteiger partial charge in [-0.1, -0.05) is 30.3 Å². The molecule has 6 nitrogen and oxygen atoms in total. The van der Waals surface area contributed by atoms with E-state index in [1.807, 2.05) is 35.2 Å². The molecule has 1 aliphatic heterocycles. The number of rotatable bonds is 7. The third-order valence-electron chi connectivity index (χ3n) is 5.14. The largest absolute Gasteiger partial charge is 0.497 e. The van der Waals surface area contributed by atoms with Crippen molar-refractivity contribution in [3.63, 3.8) is 0 Å². The van der Waals surface area contributed by atoms with E-state index < -0.39 is 0 Å². The van der Waals surface area contributed by atoms with Crippen molar-refractivity contribution in [1.29, 1.82) is 0 Å². The molecule has 1 N–H and O–H groups in total. The minimum atomic E-state index is -0.0228. The van der Waals surface area contributed by atoms with Gasteiger partial charge >= 0.3 is 6.03 Å². The van der Waals surface area contributed by atoms with Gasteiger partial charge in [-0.3, -0.25) is 4.90 Å². The first-order valence-corrected chi connectivity index (χ1v) is 9.76. The zero-order valence-electron chi connectivity index (χ0n) is 16.6. The van der Waals surface area contributed by atoms with Crippen LogP contribution in [0, 0.1) is 0 Å². The number of hydrogen-bond acceptors (Lipinski definition) is 4. The molecule has 1 saturated heterocycles. The zero-order chi connectivity index (χ0) is 19.8. The van der Waals surface area contributed by atoms with Crippen LogP contribution in [-0.2, 0) is 0 Å². The van der Waals surface area contributed by atoms with Gasteiger partial charge < -0.3 is 19.7 Å². The van der Waals surface area contributed by atoms with Gasteiger partial charge in [0.1, 0.15) is 18.1 Å². The number of ether oxygens (including phenoxy) is 2. The van der Waals surface area contributed by atoms with Gasteiger partial charge in [-0.15, -0.1) is 0 Å². The van der Waals surface area contributed by atoms with E-state index in [1.54, 1.807) is 7.11 Å². The highest BCUT2D eigenvalue weighted by Gasteiger charge is 2.24. The Morgan fingerprint density at radius 1 is 1.00 bits per heavy atom. The van der Waals surface area contributed by atoms with Gasteiger partial charge in [0.05, 0.1) is 13.7 Å². The molecule has 0 bridgehead atoms. The Morgan fingerprint density at radius 2 is 1.64 bits per heavy atom. The molecule has 0 spiro atoms. The zero-order valence-corrected chi connectivity index (χ0v) is 16.6. The number of piperazine rings is 1. The SMILES string of the molecule is COc1ccc(OCCNC(=O)N2CCN(C(C)c3ccccc3)CC2)cc1. The molecule has 1 fully saturated rings. The molecule has 1 aliphatic rings. The lowest BCUT2D eigenvalue weighted by molar-refractivity contribution is 0.113. The standard InChI is InChI=1S/C22H29N3O3/c1-18(19-6-4-3-5-7-19)24-13-15-25(16-14-24)22(26)23-12-17-28-21-10-8-20(27-2)9-11-21/h3-11,18H,12-17H2,1-2H3,(H,23,26). The van der Waals surface area contributed by atoms with Crippen molar-refractivity contribution in [2.45, 2.75) is 13.0 Å². The molecule has 0 radical (unpaired) electrons. The van der Waals surface area contributed by atoms with Gasteiger partial charge in [-0.2, -0.15) is 0 Å². The minimum absolute atomic E-state index is 0.0228. The van der Waals surface area contributed by atoms with Crippen LogP contribution in [0.4, 0.5) is 4.79 Å². The number of methoxy groups -OCH3 is 1. The lowest BCUT2D eigenvalue weighted by Gasteiger charge is -2.38. The lowest BCUT2D eigenvalue weighted by atomic mass is 10.1. The molecule has 1 unspecified atom stereocenters. The summed E-state index contributed by atoms with van der Waals surface area (Å²) in [5.41, 5.74) is 1.32. The monoisotopic (exact) mass is 383 g/mol. The molecule has 28 heavy (non-hydrogen) atoms. The number of carbonyl (C=O) groups is 1. The second-order valence-electron chi connectivity index (χ2n) is 6.87. The fraction of sp³-hybridized carbons (Fsp3) is 0.409. The van der Waals surface area contributed by atoms with Gasteiger partial charge in [-0.25, -0.2) is 4.79 Å². The Kier molecular flexibility index (Phi) is 7.14. The fourth-order valence-electron chi connectivity index (χ4n) is 3.37. The summed E-state index contributed by atoms with van der Waals surface area (Å²) in [4.78, 5) is 16.7. The minimum Gasteiger partial charge on any atom is -0.497 e. The number of hydrogen-bond donors (Lipinski definition) is 1. The molecule has 150 valence electrons. The van der Waals surface area contributed by atoms with Crippen molar-refractivity contribution in [3.8, 4) is 11.5 Å². The summed E-state index contributed by atoms with van der Waals surface area (Å²) in [6, 6.07) is 18.3. The van der Waals surface area contributed by atoms with Crippen molar-refractivity contribution >= 4 is 6.03 Å². The summed E-state index contributed by atoms with van der Waals surface area (Å²) >= 11 is 0. The van der Waals surface area contributed by atoms with Crippen LogP contribution in [-0.4, -0.2) is 62.3 Å². The van der Waals surface area contributed by atoms with Crippen molar-refractivity contribution in [2.24, 2.45) is 0 Å². The number of amides is 2. The van der Waals surface area contributed by atoms with E-state index >= 15 is 0 Å². The van der Waals surface area contributed by atoms with E-state index in [-0.39, 0.29) is 6.03 Å². The maximum atomic E-state index is 12.4. The summed E-state index contributed by atoms with van der Waals surface area (Å²) in [6.45, 7) is 6.37. The van der Waals surface area contributed by atoms with Crippen molar-refractivity contribution in [1.82, 2.24) is 15.1 Å². The molecular formula is C22H29N3O3. The molecule has 0 aromatic heterocycles. The van der Waals surface area contributed by atoms with E-state index in [2.05, 4.69) is 41.4 Å². The van der Waals surface area contributed by atoms with Crippen molar-refractivity contribution in [3.05, 3.63) is 60.2 Å². The van der Waals surface area contributed by atoms with E-state index in [4.69, 9.17) is 9.47 Å². The van der Waals surface area contributed by atoms with E-state index in [0.717, 1.165) is 37.7 Å². The third kappa shape index (κ3) is 5.39. The van der Waals surface area contributed by atoms with Crippen LogP contribution >= 0.6 is 0 Å². The van der Waals surface area contributed by atoms with E-state index in [0.29, 0.717) is 19.2 Å². The Morgan fingerprint density at radius 3 is 2.29 bits per heavy atom. The average molecular weight is 383 g/mol. The highest BCUT2D eigenvalue weighted by molar-refractivity contribution is 5.74. The van der Waals surface area contributed by atoms with Gasteiger partial charge in [0.15, 0.2) is 0 Å². The predicted octanol–water partition coefficient (Wildman–Crippen LogP) is 3.16. The molecular weight excluding hydrogens is 354 g/mol. The predicted molar refractivity (Wildman–Crippen MR) is 110 cm³/mol. The number of urea groups is 1. The van der Waals surface area contributed by atoms with Gasteiger partial charge in [0.25, 0.3) is 0 Å². The Hall–Kier alpha value is -2.73. The smallest absolute Gasteiger partial charge is 0.317 e. The van der Waals surface area contributed by atoms with Crippen LogP contribution < -0.4 is 14.8 Å². The van der Waals surface area contributed by atoms with Crippen LogP contribution in [0.25, 0.3) is 0 Å². The quantitative estimate of drug-likeness (QED) is 0.747. The van der Waals surface area contributed by atoms with Crippen LogP contribution in [0.2, 0.25) is 0 Å². The average Bonchev–Trinajstić information content (AvgIpc) is 2.77. The van der Waals surface area contributed by atoms with Crippen LogP contribution in [0.15, 0.2) is 54.6 Å². The second-order valence-corrected chi connectivity index (χ2v) is 6.87. The van der Waals surface area contributed by atoms with Gasteiger partial charge in [-0.05, 0) is 36.8 Å². The fourth-order valence-corrected chi connectivity index (χ4v) is 3.37. The first kappa shape index (κ1) is 20.0. The molecule has 0 aliphatic carbocycles. The number of benzene rings is 2. The molecule has 2 amide bonds. The summed E-state index contributed by atoms with van der Waals surface area (Å²) in [7, 11) is 1.63. The molecule has 1 atom stereocenters. The van der Waals surface area contributed by atoms with Crippen LogP contribution in [0.1, 0.15) is 18.5 Å². The van der Waals surface area contributed by atoms with Gasteiger partial charge in [0, 0.05) is 32.2 Å². The summed E-state index contributed by atoms with van der Waals surface area (Å²) in [5.74, 6) is 1.56. The number of carbonyl (C=O) groups excluding carboxylic acids is 1. The topological polar surface area (TPSA) is 54.0 Å². The lowest BCUT2D eigenvalue weighted by Crippen LogP contribution is -2.52. The third-order valence-corrected chi connectivity index (χ3v) is 5.14. The van der Waals surface area contributed by atoms with E-state index in [9.17, 15) is 4.79 Å². The summed E-state index contributed by atoms with van der Waals surface area (Å²) < 4.78 is 10.8. The Balaban J connectivity index is 1.35. The maximum Gasteiger partial charge on any atom is 0.317 e. The highest BCUT2D eigenvalue weighted by Crippen LogP contribution is 2.21. The molecule has 6 heteroatoms. The van der Waals surface area contributed by atoms with Gasteiger partial charge in [0.2, 0.25) is 0 Å². The molecule has 0 saturated carbocycles. The molecule has 1 heterocycles.